The Morgan fingerprint density at radius 3 is 2.17 bits per heavy atom. The molecule has 2 fully saturated rings. The lowest BCUT2D eigenvalue weighted by molar-refractivity contribution is -0.103. The molecule has 0 aromatic carbocycles. The summed E-state index contributed by atoms with van der Waals surface area (Å²) in [6.07, 6.45) is 1.47. The Morgan fingerprint density at radius 1 is 1.08 bits per heavy atom. The van der Waals surface area contributed by atoms with E-state index >= 15 is 0 Å². The number of hydrogen-bond acceptors (Lipinski definition) is 0. The van der Waals surface area contributed by atoms with Gasteiger partial charge in [0.1, 0.15) is 0 Å². The predicted molar refractivity (Wildman–Crippen MR) is 52.9 cm³/mol. The van der Waals surface area contributed by atoms with Crippen LogP contribution in [0, 0.1) is 35.0 Å². The summed E-state index contributed by atoms with van der Waals surface area (Å²) >= 11 is 0. The fraction of sp³-hybridized carbons (Fsp3) is 1.00. The Kier molecular flexibility index (Phi) is 1.63. The molecule has 2 saturated carbocycles. The molecule has 6 unspecified atom stereocenters. The first-order chi connectivity index (χ1) is 5.49. The molecule has 0 aromatic rings. The third kappa shape index (κ3) is 0.701. The van der Waals surface area contributed by atoms with Gasteiger partial charge in [-0.05, 0) is 41.4 Å². The van der Waals surface area contributed by atoms with Crippen LogP contribution in [0.2, 0.25) is 0 Å². The summed E-state index contributed by atoms with van der Waals surface area (Å²) in [5.41, 5.74) is 0.693. The van der Waals surface area contributed by atoms with Gasteiger partial charge in [-0.1, -0.05) is 34.6 Å². The summed E-state index contributed by atoms with van der Waals surface area (Å²) in [7, 11) is 0. The van der Waals surface area contributed by atoms with Gasteiger partial charge in [0.2, 0.25) is 0 Å². The van der Waals surface area contributed by atoms with E-state index in [-0.39, 0.29) is 0 Å². The van der Waals surface area contributed by atoms with Gasteiger partial charge in [-0.2, -0.15) is 0 Å². The van der Waals surface area contributed by atoms with E-state index in [1.54, 1.807) is 0 Å². The average Bonchev–Trinajstić information content (AvgIpc) is 2.21. The quantitative estimate of drug-likeness (QED) is 0.516. The Hall–Kier alpha value is 0. The predicted octanol–water partition coefficient (Wildman–Crippen LogP) is 3.57. The summed E-state index contributed by atoms with van der Waals surface area (Å²) in [6, 6.07) is 0. The van der Waals surface area contributed by atoms with Crippen molar-refractivity contribution in [2.75, 3.05) is 0 Å². The SMILES string of the molecule is CC1CC(C)C2(C)C(C)C(C)C12. The Labute approximate surface area is 76.7 Å². The van der Waals surface area contributed by atoms with Gasteiger partial charge in [-0.15, -0.1) is 0 Å². The molecule has 12 heavy (non-hydrogen) atoms. The van der Waals surface area contributed by atoms with Crippen molar-refractivity contribution in [1.82, 2.24) is 0 Å². The molecule has 0 aromatic heterocycles. The van der Waals surface area contributed by atoms with Crippen LogP contribution in [0.25, 0.3) is 0 Å². The molecule has 0 aliphatic heterocycles. The van der Waals surface area contributed by atoms with Crippen molar-refractivity contribution in [3.8, 4) is 0 Å². The molecular weight excluding hydrogens is 144 g/mol. The standard InChI is InChI=1S/C12H22/c1-7-6-8(2)12(5)10(4)9(3)11(7)12/h7-11H,6H2,1-5H3. The second kappa shape index (κ2) is 2.27. The molecule has 0 amide bonds. The highest BCUT2D eigenvalue weighted by molar-refractivity contribution is 5.10. The molecule has 2 aliphatic carbocycles. The molecule has 0 heteroatoms. The van der Waals surface area contributed by atoms with E-state index in [0.717, 1.165) is 29.6 Å². The van der Waals surface area contributed by atoms with Crippen LogP contribution >= 0.6 is 0 Å². The minimum Gasteiger partial charge on any atom is -0.0622 e. The van der Waals surface area contributed by atoms with E-state index in [1.807, 2.05) is 0 Å². The first kappa shape index (κ1) is 8.59. The smallest absolute Gasteiger partial charge is 0.0238 e. The maximum absolute atomic E-state index is 2.52. The molecule has 2 rings (SSSR count). The van der Waals surface area contributed by atoms with Gasteiger partial charge in [0.15, 0.2) is 0 Å². The average molecular weight is 166 g/mol. The normalized spacial score (nSPS) is 64.2. The Morgan fingerprint density at radius 2 is 1.67 bits per heavy atom. The lowest BCUT2D eigenvalue weighted by Crippen LogP contribution is -2.53. The van der Waals surface area contributed by atoms with Gasteiger partial charge in [0, 0.05) is 0 Å². The first-order valence-electron chi connectivity index (χ1n) is 5.49. The van der Waals surface area contributed by atoms with Crippen LogP contribution in [0.5, 0.6) is 0 Å². The van der Waals surface area contributed by atoms with Crippen LogP contribution in [-0.2, 0) is 0 Å². The molecule has 2 aliphatic rings. The summed E-state index contributed by atoms with van der Waals surface area (Å²) in [5, 5.41) is 0. The van der Waals surface area contributed by atoms with Crippen molar-refractivity contribution in [3.63, 3.8) is 0 Å². The van der Waals surface area contributed by atoms with E-state index in [0.29, 0.717) is 5.41 Å². The highest BCUT2D eigenvalue weighted by Gasteiger charge is 2.62. The lowest BCUT2D eigenvalue weighted by atomic mass is 9.47. The molecule has 0 nitrogen and oxygen atoms in total. The summed E-state index contributed by atoms with van der Waals surface area (Å²) < 4.78 is 0. The van der Waals surface area contributed by atoms with Gasteiger partial charge < -0.3 is 0 Å². The van der Waals surface area contributed by atoms with E-state index < -0.39 is 0 Å². The topological polar surface area (TPSA) is 0 Å². The van der Waals surface area contributed by atoms with Crippen LogP contribution in [0.3, 0.4) is 0 Å². The molecule has 0 spiro atoms. The maximum Gasteiger partial charge on any atom is -0.0238 e. The van der Waals surface area contributed by atoms with Crippen LogP contribution in [0.4, 0.5) is 0 Å². The monoisotopic (exact) mass is 166 g/mol. The Bertz CT molecular complexity index is 186. The fourth-order valence-corrected chi connectivity index (χ4v) is 4.50. The third-order valence-electron chi connectivity index (χ3n) is 5.45. The van der Waals surface area contributed by atoms with E-state index in [1.165, 1.54) is 6.42 Å². The van der Waals surface area contributed by atoms with E-state index in [9.17, 15) is 0 Å². The van der Waals surface area contributed by atoms with Gasteiger partial charge in [-0.25, -0.2) is 0 Å². The fourth-order valence-electron chi connectivity index (χ4n) is 4.50. The van der Waals surface area contributed by atoms with Crippen molar-refractivity contribution in [2.24, 2.45) is 35.0 Å². The van der Waals surface area contributed by atoms with Crippen molar-refractivity contribution in [3.05, 3.63) is 0 Å². The maximum atomic E-state index is 2.52. The van der Waals surface area contributed by atoms with Gasteiger partial charge in [0.05, 0.1) is 0 Å². The Balaban J connectivity index is 2.27. The molecule has 0 radical (unpaired) electrons. The zero-order valence-corrected chi connectivity index (χ0v) is 9.09. The molecule has 0 bridgehead atoms. The van der Waals surface area contributed by atoms with Crippen LogP contribution in [-0.4, -0.2) is 0 Å². The summed E-state index contributed by atoms with van der Waals surface area (Å²) in [4.78, 5) is 0. The van der Waals surface area contributed by atoms with Crippen molar-refractivity contribution >= 4 is 0 Å². The van der Waals surface area contributed by atoms with E-state index in [4.69, 9.17) is 0 Å². The summed E-state index contributed by atoms with van der Waals surface area (Å²) in [6.45, 7) is 12.3. The lowest BCUT2D eigenvalue weighted by Gasteiger charge is -2.58. The number of fused-ring (bicyclic) bond motifs is 1. The summed E-state index contributed by atoms with van der Waals surface area (Å²) in [5.74, 6) is 4.92. The van der Waals surface area contributed by atoms with Gasteiger partial charge in [0.25, 0.3) is 0 Å². The highest BCUT2D eigenvalue weighted by Crippen LogP contribution is 2.68. The van der Waals surface area contributed by atoms with Crippen molar-refractivity contribution in [2.45, 2.75) is 41.0 Å². The molecular formula is C12H22. The van der Waals surface area contributed by atoms with Crippen LogP contribution in [0.15, 0.2) is 0 Å². The minimum absolute atomic E-state index is 0.693. The molecule has 0 heterocycles. The molecule has 6 atom stereocenters. The van der Waals surface area contributed by atoms with Gasteiger partial charge in [-0.3, -0.25) is 0 Å². The van der Waals surface area contributed by atoms with Gasteiger partial charge >= 0.3 is 0 Å². The minimum atomic E-state index is 0.693. The molecule has 0 saturated heterocycles. The zero-order chi connectivity index (χ0) is 9.09. The zero-order valence-electron chi connectivity index (χ0n) is 9.09. The molecule has 70 valence electrons. The van der Waals surface area contributed by atoms with Crippen molar-refractivity contribution < 1.29 is 0 Å². The van der Waals surface area contributed by atoms with E-state index in [2.05, 4.69) is 34.6 Å². The first-order valence-corrected chi connectivity index (χ1v) is 5.49. The number of rotatable bonds is 0. The highest BCUT2D eigenvalue weighted by atomic mass is 14.7. The molecule has 0 N–H and O–H groups in total. The van der Waals surface area contributed by atoms with Crippen LogP contribution in [0.1, 0.15) is 41.0 Å². The second-order valence-electron chi connectivity index (χ2n) is 5.65. The number of hydrogen-bond donors (Lipinski definition) is 0. The van der Waals surface area contributed by atoms with Crippen LogP contribution < -0.4 is 0 Å². The second-order valence-corrected chi connectivity index (χ2v) is 5.65. The van der Waals surface area contributed by atoms with Crippen molar-refractivity contribution in [1.29, 1.82) is 0 Å². The largest absolute Gasteiger partial charge is 0.0622 e. The third-order valence-corrected chi connectivity index (χ3v) is 5.45.